The highest BCUT2D eigenvalue weighted by atomic mass is 19.4. The van der Waals surface area contributed by atoms with Gasteiger partial charge in [-0.3, -0.25) is 5.10 Å². The molecule has 2 heterocycles. The van der Waals surface area contributed by atoms with Crippen molar-refractivity contribution < 1.29 is 17.9 Å². The van der Waals surface area contributed by atoms with E-state index in [0.717, 1.165) is 18.6 Å². The molecule has 0 spiro atoms. The van der Waals surface area contributed by atoms with Gasteiger partial charge >= 0.3 is 6.18 Å². The van der Waals surface area contributed by atoms with Crippen LogP contribution in [0.1, 0.15) is 18.9 Å². The van der Waals surface area contributed by atoms with Gasteiger partial charge < -0.3 is 4.74 Å². The lowest BCUT2D eigenvalue weighted by atomic mass is 9.99. The zero-order valence-corrected chi connectivity index (χ0v) is 12.3. The van der Waals surface area contributed by atoms with Gasteiger partial charge in [-0.2, -0.15) is 18.3 Å². The largest absolute Gasteiger partial charge is 0.477 e. The number of benzene rings is 1. The smallest absolute Gasteiger partial charge is 0.416 e. The van der Waals surface area contributed by atoms with Crippen molar-refractivity contribution in [1.82, 2.24) is 15.2 Å². The zero-order chi connectivity index (χ0) is 16.4. The van der Waals surface area contributed by atoms with E-state index >= 15 is 0 Å². The number of fused-ring (bicyclic) bond motifs is 1. The van der Waals surface area contributed by atoms with Crippen molar-refractivity contribution in [3.05, 3.63) is 42.2 Å². The van der Waals surface area contributed by atoms with E-state index in [-0.39, 0.29) is 0 Å². The van der Waals surface area contributed by atoms with Gasteiger partial charge in [0.05, 0.1) is 23.9 Å². The number of ether oxygens (including phenoxy) is 1. The maximum absolute atomic E-state index is 13.1. The molecular weight excluding hydrogens is 307 g/mol. The van der Waals surface area contributed by atoms with E-state index in [4.69, 9.17) is 4.74 Å². The van der Waals surface area contributed by atoms with Crippen LogP contribution in [0.3, 0.4) is 0 Å². The minimum Gasteiger partial charge on any atom is -0.477 e. The Kier molecular flexibility index (Phi) is 3.94. The first-order chi connectivity index (χ1) is 11.0. The maximum Gasteiger partial charge on any atom is 0.416 e. The highest BCUT2D eigenvalue weighted by Gasteiger charge is 2.32. The lowest BCUT2D eigenvalue weighted by Crippen LogP contribution is -2.05. The Morgan fingerprint density at radius 1 is 1.22 bits per heavy atom. The molecule has 0 fully saturated rings. The topological polar surface area (TPSA) is 50.8 Å². The molecule has 0 aliphatic heterocycles. The van der Waals surface area contributed by atoms with Crippen LogP contribution in [0.4, 0.5) is 13.2 Å². The summed E-state index contributed by atoms with van der Waals surface area (Å²) in [6.45, 7) is 2.39. The van der Waals surface area contributed by atoms with Crippen molar-refractivity contribution in [2.75, 3.05) is 6.61 Å². The second-order valence-corrected chi connectivity index (χ2v) is 5.06. The van der Waals surface area contributed by atoms with Crippen LogP contribution in [0.5, 0.6) is 5.88 Å². The van der Waals surface area contributed by atoms with Gasteiger partial charge in [-0.15, -0.1) is 0 Å². The molecule has 2 aromatic heterocycles. The number of aromatic nitrogens is 3. The van der Waals surface area contributed by atoms with E-state index in [1.54, 1.807) is 18.3 Å². The van der Waals surface area contributed by atoms with Gasteiger partial charge in [0.2, 0.25) is 5.88 Å². The fraction of sp³-hybridized carbons (Fsp3) is 0.250. The standard InChI is InChI=1S/C16H14F3N3O/c1-2-6-23-15-11(4-3-5-20-15)12-7-10(16(17,18)19)8-14-13(12)9-21-22-14/h3-5,7-9H,2,6H2,1H3,(H,21,22). The van der Waals surface area contributed by atoms with Gasteiger partial charge in [0.1, 0.15) is 0 Å². The van der Waals surface area contributed by atoms with Crippen LogP contribution in [0.2, 0.25) is 0 Å². The molecule has 0 bridgehead atoms. The van der Waals surface area contributed by atoms with Gasteiger partial charge in [0.25, 0.3) is 0 Å². The van der Waals surface area contributed by atoms with E-state index in [1.165, 1.54) is 6.20 Å². The summed E-state index contributed by atoms with van der Waals surface area (Å²) >= 11 is 0. The van der Waals surface area contributed by atoms with Crippen molar-refractivity contribution in [1.29, 1.82) is 0 Å². The minimum absolute atomic E-state index is 0.316. The monoisotopic (exact) mass is 321 g/mol. The van der Waals surface area contributed by atoms with Gasteiger partial charge in [-0.05, 0) is 36.2 Å². The third kappa shape index (κ3) is 2.99. The molecule has 0 unspecified atom stereocenters. The van der Waals surface area contributed by atoms with Gasteiger partial charge in [0, 0.05) is 17.1 Å². The molecule has 0 aliphatic rings. The predicted molar refractivity (Wildman–Crippen MR) is 80.1 cm³/mol. The molecule has 23 heavy (non-hydrogen) atoms. The first-order valence-corrected chi connectivity index (χ1v) is 7.13. The number of hydrogen-bond acceptors (Lipinski definition) is 3. The molecule has 120 valence electrons. The maximum atomic E-state index is 13.1. The predicted octanol–water partition coefficient (Wildman–Crippen LogP) is 4.43. The molecule has 0 saturated heterocycles. The summed E-state index contributed by atoms with van der Waals surface area (Å²) < 4.78 is 45.0. The zero-order valence-electron chi connectivity index (χ0n) is 12.3. The first kappa shape index (κ1) is 15.3. The number of rotatable bonds is 4. The normalized spacial score (nSPS) is 11.8. The Balaban J connectivity index is 2.21. The number of halogens is 3. The van der Waals surface area contributed by atoms with Crippen LogP contribution in [0.25, 0.3) is 22.0 Å². The summed E-state index contributed by atoms with van der Waals surface area (Å²) in [5, 5.41) is 7.03. The summed E-state index contributed by atoms with van der Waals surface area (Å²) in [5.74, 6) is 0.316. The first-order valence-electron chi connectivity index (χ1n) is 7.13. The van der Waals surface area contributed by atoms with Crippen LogP contribution in [-0.2, 0) is 6.18 Å². The molecule has 3 rings (SSSR count). The van der Waals surface area contributed by atoms with Crippen molar-refractivity contribution in [2.24, 2.45) is 0 Å². The molecule has 0 radical (unpaired) electrons. The van der Waals surface area contributed by atoms with E-state index in [9.17, 15) is 13.2 Å². The van der Waals surface area contributed by atoms with Crippen molar-refractivity contribution in [3.63, 3.8) is 0 Å². The van der Waals surface area contributed by atoms with Crippen LogP contribution < -0.4 is 4.74 Å². The number of pyridine rings is 1. The quantitative estimate of drug-likeness (QED) is 0.773. The minimum atomic E-state index is -4.44. The average molecular weight is 321 g/mol. The van der Waals surface area contributed by atoms with Gasteiger partial charge in [0.15, 0.2) is 0 Å². The molecule has 1 N–H and O–H groups in total. The summed E-state index contributed by atoms with van der Waals surface area (Å²) in [6.07, 6.45) is -0.615. The Morgan fingerprint density at radius 2 is 2.04 bits per heavy atom. The number of hydrogen-bond donors (Lipinski definition) is 1. The third-order valence-electron chi connectivity index (χ3n) is 3.39. The molecule has 0 aliphatic carbocycles. The summed E-state index contributed by atoms with van der Waals surface area (Å²) in [6, 6.07) is 5.52. The van der Waals surface area contributed by atoms with Crippen LogP contribution in [0.15, 0.2) is 36.7 Å². The molecule has 0 atom stereocenters. The van der Waals surface area contributed by atoms with Crippen molar-refractivity contribution in [3.8, 4) is 17.0 Å². The average Bonchev–Trinajstić information content (AvgIpc) is 3.00. The van der Waals surface area contributed by atoms with E-state index in [0.29, 0.717) is 34.5 Å². The lowest BCUT2D eigenvalue weighted by Gasteiger charge is -2.13. The number of H-pyrrole nitrogens is 1. The molecule has 3 aromatic rings. The van der Waals surface area contributed by atoms with Gasteiger partial charge in [-0.1, -0.05) is 6.92 Å². The molecule has 0 amide bonds. The van der Waals surface area contributed by atoms with E-state index < -0.39 is 11.7 Å². The van der Waals surface area contributed by atoms with Crippen LogP contribution in [-0.4, -0.2) is 21.8 Å². The fourth-order valence-corrected chi connectivity index (χ4v) is 2.35. The van der Waals surface area contributed by atoms with E-state index in [2.05, 4.69) is 15.2 Å². The number of alkyl halides is 3. The van der Waals surface area contributed by atoms with Crippen LogP contribution in [0, 0.1) is 0 Å². The summed E-state index contributed by atoms with van der Waals surface area (Å²) in [5.41, 5.74) is 0.482. The highest BCUT2D eigenvalue weighted by molar-refractivity contribution is 5.96. The van der Waals surface area contributed by atoms with E-state index in [1.807, 2.05) is 6.92 Å². The molecule has 7 heteroatoms. The summed E-state index contributed by atoms with van der Waals surface area (Å²) in [4.78, 5) is 4.14. The number of nitrogens with zero attached hydrogens (tertiary/aromatic N) is 2. The second-order valence-electron chi connectivity index (χ2n) is 5.06. The van der Waals surface area contributed by atoms with Crippen LogP contribution >= 0.6 is 0 Å². The van der Waals surface area contributed by atoms with Crippen molar-refractivity contribution in [2.45, 2.75) is 19.5 Å². The Morgan fingerprint density at radius 3 is 2.78 bits per heavy atom. The highest BCUT2D eigenvalue weighted by Crippen LogP contribution is 2.38. The summed E-state index contributed by atoms with van der Waals surface area (Å²) in [7, 11) is 0. The second kappa shape index (κ2) is 5.91. The van der Waals surface area contributed by atoms with Crippen molar-refractivity contribution >= 4 is 10.9 Å². The van der Waals surface area contributed by atoms with Gasteiger partial charge in [-0.25, -0.2) is 4.98 Å². The number of nitrogens with one attached hydrogen (secondary N) is 1. The molecule has 1 aromatic carbocycles. The third-order valence-corrected chi connectivity index (χ3v) is 3.39. The Bertz CT molecular complexity index is 827. The number of aromatic amines is 1. The lowest BCUT2D eigenvalue weighted by molar-refractivity contribution is -0.137. The fourth-order valence-electron chi connectivity index (χ4n) is 2.35. The molecule has 0 saturated carbocycles. The Labute approximate surface area is 130 Å². The molecule has 4 nitrogen and oxygen atoms in total. The molecular formula is C16H14F3N3O. The SMILES string of the molecule is CCCOc1ncccc1-c1cc(C(F)(F)F)cc2[nH]ncc12. The Hall–Kier alpha value is -2.57.